The second-order valence-corrected chi connectivity index (χ2v) is 4.80. The lowest BCUT2D eigenvalue weighted by Gasteiger charge is -2.04. The van der Waals surface area contributed by atoms with Crippen molar-refractivity contribution in [2.75, 3.05) is 0 Å². The maximum absolute atomic E-state index is 4.09. The minimum atomic E-state index is -0.267. The van der Waals surface area contributed by atoms with Crippen LogP contribution in [0.5, 0.6) is 0 Å². The molecule has 3 nitrogen and oxygen atoms in total. The first-order valence-electron chi connectivity index (χ1n) is 5.10. The van der Waals surface area contributed by atoms with Crippen LogP contribution in [0.15, 0.2) is 36.5 Å². The number of benzene rings is 1. The number of hydrogen-bond acceptors (Lipinski definition) is 3. The van der Waals surface area contributed by atoms with Crippen LogP contribution < -0.4 is 5.32 Å². The highest BCUT2D eigenvalue weighted by molar-refractivity contribution is 6.51. The minimum absolute atomic E-state index is 0.267. The fraction of sp³-hybridized carbons (Fsp3) is 0.182. The van der Waals surface area contributed by atoms with Gasteiger partial charge in [-0.25, -0.2) is 0 Å². The highest BCUT2D eigenvalue weighted by atomic mass is 28.2. The Balaban J connectivity index is 2.24. The lowest BCUT2D eigenvalue weighted by atomic mass is 10.1. The van der Waals surface area contributed by atoms with Gasteiger partial charge in [0.2, 0.25) is 0 Å². The second-order valence-electron chi connectivity index (χ2n) is 3.42. The molecule has 0 aliphatic heterocycles. The Hall–Kier alpha value is -1.55. The fourth-order valence-corrected chi connectivity index (χ4v) is 2.45. The van der Waals surface area contributed by atoms with Crippen molar-refractivity contribution in [2.45, 2.75) is 13.0 Å². The molecule has 0 saturated carbocycles. The summed E-state index contributed by atoms with van der Waals surface area (Å²) in [6, 6.07) is 10.4. The van der Waals surface area contributed by atoms with Gasteiger partial charge in [0.05, 0.1) is 15.7 Å². The van der Waals surface area contributed by atoms with Crippen LogP contribution in [0.1, 0.15) is 11.1 Å². The molecule has 0 aliphatic carbocycles. The normalized spacial score (nSPS) is 11.0. The maximum atomic E-state index is 4.09. The van der Waals surface area contributed by atoms with Crippen LogP contribution in [0.3, 0.4) is 0 Å². The molecular weight excluding hydrogens is 202 g/mol. The molecule has 0 aliphatic rings. The Kier molecular flexibility index (Phi) is 3.19. The Morgan fingerprint density at radius 3 is 2.73 bits per heavy atom. The van der Waals surface area contributed by atoms with E-state index in [9.17, 15) is 0 Å². The monoisotopic (exact) mass is 215 g/mol. The van der Waals surface area contributed by atoms with E-state index >= 15 is 0 Å². The molecular formula is C11H13N3Si. The summed E-state index contributed by atoms with van der Waals surface area (Å²) >= 11 is 0. The molecule has 0 radical (unpaired) electrons. The molecule has 1 heterocycles. The highest BCUT2D eigenvalue weighted by Crippen LogP contribution is 2.04. The molecule has 0 bridgehead atoms. The quantitative estimate of drug-likeness (QED) is 0.692. The Labute approximate surface area is 91.4 Å². The van der Waals surface area contributed by atoms with Crippen LogP contribution in [0.2, 0.25) is 6.55 Å². The summed E-state index contributed by atoms with van der Waals surface area (Å²) in [5, 5.41) is 12.8. The molecule has 0 saturated heterocycles. The van der Waals surface area contributed by atoms with E-state index in [1.807, 2.05) is 12.3 Å². The highest BCUT2D eigenvalue weighted by Gasteiger charge is 2.03. The van der Waals surface area contributed by atoms with E-state index in [4.69, 9.17) is 0 Å². The molecule has 0 fully saturated rings. The van der Waals surface area contributed by atoms with Crippen molar-refractivity contribution in [1.82, 2.24) is 15.4 Å². The van der Waals surface area contributed by atoms with Gasteiger partial charge in [0.1, 0.15) is 0 Å². The largest absolute Gasteiger partial charge is 0.141 e. The minimum Gasteiger partial charge on any atom is -0.141 e. The topological polar surface area (TPSA) is 38.7 Å². The number of nitrogens with zero attached hydrogens (tertiary/aromatic N) is 3. The summed E-state index contributed by atoms with van der Waals surface area (Å²) in [4.78, 5) is 0. The van der Waals surface area contributed by atoms with Gasteiger partial charge < -0.3 is 0 Å². The molecule has 4 heteroatoms. The van der Waals surface area contributed by atoms with Gasteiger partial charge in [0, 0.05) is 11.7 Å². The van der Waals surface area contributed by atoms with Crippen molar-refractivity contribution < 1.29 is 0 Å². The summed E-state index contributed by atoms with van der Waals surface area (Å²) in [5.74, 6) is 0. The van der Waals surface area contributed by atoms with E-state index in [0.29, 0.717) is 0 Å². The summed E-state index contributed by atoms with van der Waals surface area (Å²) < 4.78 is 0. The average Bonchev–Trinajstić information content (AvgIpc) is 2.31. The zero-order valence-corrected chi connectivity index (χ0v) is 10.1. The van der Waals surface area contributed by atoms with E-state index in [1.165, 1.54) is 16.4 Å². The molecule has 76 valence electrons. The van der Waals surface area contributed by atoms with Crippen LogP contribution in [-0.2, 0) is 6.42 Å². The molecule has 2 aromatic rings. The number of hydrogen-bond donors (Lipinski definition) is 0. The van der Waals surface area contributed by atoms with Gasteiger partial charge in [-0.15, -0.1) is 10.2 Å². The van der Waals surface area contributed by atoms with E-state index in [1.54, 1.807) is 0 Å². The van der Waals surface area contributed by atoms with Crippen molar-refractivity contribution in [3.63, 3.8) is 0 Å². The predicted octanol–water partition coefficient (Wildman–Crippen LogP) is 0.305. The van der Waals surface area contributed by atoms with Crippen molar-refractivity contribution in [2.24, 2.45) is 0 Å². The van der Waals surface area contributed by atoms with Crippen molar-refractivity contribution in [3.8, 4) is 0 Å². The van der Waals surface area contributed by atoms with Gasteiger partial charge in [0.15, 0.2) is 0 Å². The lowest BCUT2D eigenvalue weighted by molar-refractivity contribution is 0.863. The fourth-order valence-electron chi connectivity index (χ4n) is 1.58. The van der Waals surface area contributed by atoms with E-state index in [0.717, 1.165) is 6.42 Å². The SMILES string of the molecule is C[SiH2]c1nnncc1Cc1ccccc1. The van der Waals surface area contributed by atoms with Gasteiger partial charge in [-0.3, -0.25) is 0 Å². The van der Waals surface area contributed by atoms with Crippen molar-refractivity contribution in [3.05, 3.63) is 47.7 Å². The third kappa shape index (κ3) is 2.47. The predicted molar refractivity (Wildman–Crippen MR) is 63.1 cm³/mol. The first-order valence-corrected chi connectivity index (χ1v) is 7.22. The van der Waals surface area contributed by atoms with Crippen LogP contribution in [-0.4, -0.2) is 24.9 Å². The molecule has 0 amide bonds. The second kappa shape index (κ2) is 4.79. The van der Waals surface area contributed by atoms with Crippen molar-refractivity contribution >= 4 is 14.8 Å². The van der Waals surface area contributed by atoms with Gasteiger partial charge in [-0.1, -0.05) is 36.9 Å². The third-order valence-corrected chi connectivity index (χ3v) is 3.64. The molecule has 0 atom stereocenters. The van der Waals surface area contributed by atoms with Crippen LogP contribution in [0.4, 0.5) is 0 Å². The summed E-state index contributed by atoms with van der Waals surface area (Å²) in [6.07, 6.45) is 2.76. The van der Waals surface area contributed by atoms with Gasteiger partial charge in [-0.2, -0.15) is 0 Å². The van der Waals surface area contributed by atoms with E-state index in [2.05, 4.69) is 46.2 Å². The summed E-state index contributed by atoms with van der Waals surface area (Å²) in [5.41, 5.74) is 2.53. The summed E-state index contributed by atoms with van der Waals surface area (Å²) in [6.45, 7) is 2.22. The van der Waals surface area contributed by atoms with Gasteiger partial charge in [-0.05, 0) is 16.3 Å². The zero-order chi connectivity index (χ0) is 10.5. The Morgan fingerprint density at radius 1 is 1.20 bits per heavy atom. The Morgan fingerprint density at radius 2 is 2.00 bits per heavy atom. The van der Waals surface area contributed by atoms with Gasteiger partial charge >= 0.3 is 0 Å². The standard InChI is InChI=1S/C11H13N3Si/c1-15-11-10(8-12-14-13-11)7-9-5-3-2-4-6-9/h2-6,8H,7,15H2,1H3. The molecule has 1 aromatic carbocycles. The van der Waals surface area contributed by atoms with Crippen LogP contribution in [0, 0.1) is 0 Å². The molecule has 2 rings (SSSR count). The molecule has 0 spiro atoms. The third-order valence-electron chi connectivity index (χ3n) is 2.37. The first-order chi connectivity index (χ1) is 7.40. The maximum Gasteiger partial charge on any atom is 0.0784 e. The lowest BCUT2D eigenvalue weighted by Crippen LogP contribution is -2.23. The van der Waals surface area contributed by atoms with Crippen LogP contribution >= 0.6 is 0 Å². The molecule has 0 N–H and O–H groups in total. The van der Waals surface area contributed by atoms with Crippen LogP contribution in [0.25, 0.3) is 0 Å². The molecule has 15 heavy (non-hydrogen) atoms. The van der Waals surface area contributed by atoms with E-state index in [-0.39, 0.29) is 9.52 Å². The number of rotatable bonds is 3. The van der Waals surface area contributed by atoms with Crippen molar-refractivity contribution in [1.29, 1.82) is 0 Å². The molecule has 0 unspecified atom stereocenters. The smallest absolute Gasteiger partial charge is 0.0784 e. The summed E-state index contributed by atoms with van der Waals surface area (Å²) in [7, 11) is -0.267. The average molecular weight is 215 g/mol. The number of aromatic nitrogens is 3. The molecule has 1 aromatic heterocycles. The van der Waals surface area contributed by atoms with Gasteiger partial charge in [0.25, 0.3) is 0 Å². The zero-order valence-electron chi connectivity index (χ0n) is 8.72. The van der Waals surface area contributed by atoms with E-state index < -0.39 is 0 Å². The first kappa shape index (κ1) is 9.98. The Bertz CT molecular complexity index is 431.